The summed E-state index contributed by atoms with van der Waals surface area (Å²) in [4.78, 5) is 2.00. The van der Waals surface area contributed by atoms with Gasteiger partial charge in [0.2, 0.25) is 0 Å². The number of aromatic hydroxyl groups is 2. The van der Waals surface area contributed by atoms with Crippen LogP contribution in [-0.4, -0.2) is 36.3 Å². The van der Waals surface area contributed by atoms with Crippen molar-refractivity contribution in [1.82, 2.24) is 4.90 Å². The molecule has 0 aromatic heterocycles. The summed E-state index contributed by atoms with van der Waals surface area (Å²) in [5, 5.41) is 19.7. The molecule has 0 aliphatic rings. The molecule has 2 aromatic carbocycles. The number of rotatable bonds is 5. The predicted molar refractivity (Wildman–Crippen MR) is 87.7 cm³/mol. The number of nitrogens with zero attached hydrogens (tertiary/aromatic N) is 1. The summed E-state index contributed by atoms with van der Waals surface area (Å²) >= 11 is 0. The largest absolute Gasteiger partial charge is 0.508 e. The molecule has 0 aliphatic heterocycles. The molecule has 2 aromatic rings. The maximum absolute atomic E-state index is 10.3. The molecule has 0 fully saturated rings. The Morgan fingerprint density at radius 2 is 1.68 bits per heavy atom. The van der Waals surface area contributed by atoms with Gasteiger partial charge in [-0.2, -0.15) is 0 Å². The van der Waals surface area contributed by atoms with E-state index >= 15 is 0 Å². The summed E-state index contributed by atoms with van der Waals surface area (Å²) < 4.78 is 5.30. The molecule has 1 atom stereocenters. The van der Waals surface area contributed by atoms with Gasteiger partial charge >= 0.3 is 0 Å². The van der Waals surface area contributed by atoms with Crippen molar-refractivity contribution in [3.8, 4) is 17.2 Å². The van der Waals surface area contributed by atoms with Gasteiger partial charge in [0.15, 0.2) is 11.5 Å². The number of phenols is 2. The zero-order valence-corrected chi connectivity index (χ0v) is 13.5. The highest BCUT2D eigenvalue weighted by Crippen LogP contribution is 2.36. The van der Waals surface area contributed by atoms with Crippen LogP contribution in [0.1, 0.15) is 29.5 Å². The maximum atomic E-state index is 10.3. The van der Waals surface area contributed by atoms with E-state index in [4.69, 9.17) is 4.74 Å². The third-order valence-corrected chi connectivity index (χ3v) is 3.78. The lowest BCUT2D eigenvalue weighted by atomic mass is 9.91. The SMILES string of the molecule is COc1cc(C(C)c2ccc(O)cc2)cc(CN(C)C)c1O. The molecule has 0 saturated carbocycles. The zero-order chi connectivity index (χ0) is 16.3. The summed E-state index contributed by atoms with van der Waals surface area (Å²) in [6, 6.07) is 11.1. The predicted octanol–water partition coefficient (Wildman–Crippen LogP) is 3.32. The van der Waals surface area contributed by atoms with Crippen molar-refractivity contribution in [3.63, 3.8) is 0 Å². The number of ether oxygens (including phenoxy) is 1. The van der Waals surface area contributed by atoms with E-state index in [-0.39, 0.29) is 17.4 Å². The van der Waals surface area contributed by atoms with Crippen LogP contribution in [0.2, 0.25) is 0 Å². The van der Waals surface area contributed by atoms with E-state index in [0.29, 0.717) is 12.3 Å². The minimum Gasteiger partial charge on any atom is -0.508 e. The molecule has 2 N–H and O–H groups in total. The Kier molecular flexibility index (Phi) is 4.93. The Bertz CT molecular complexity index is 636. The van der Waals surface area contributed by atoms with Crippen LogP contribution in [0.3, 0.4) is 0 Å². The first kappa shape index (κ1) is 16.2. The van der Waals surface area contributed by atoms with E-state index in [1.807, 2.05) is 43.3 Å². The smallest absolute Gasteiger partial charge is 0.162 e. The summed E-state index contributed by atoms with van der Waals surface area (Å²) in [5.74, 6) is 1.07. The average molecular weight is 301 g/mol. The lowest BCUT2D eigenvalue weighted by molar-refractivity contribution is 0.354. The van der Waals surface area contributed by atoms with Crippen LogP contribution in [0.15, 0.2) is 36.4 Å². The van der Waals surface area contributed by atoms with Gasteiger partial charge in [-0.3, -0.25) is 0 Å². The minimum atomic E-state index is 0.135. The minimum absolute atomic E-state index is 0.135. The monoisotopic (exact) mass is 301 g/mol. The summed E-state index contributed by atoms with van der Waals surface area (Å²) in [6.07, 6.45) is 0. The molecule has 2 rings (SSSR count). The molecule has 0 amide bonds. The lowest BCUT2D eigenvalue weighted by Gasteiger charge is -2.19. The van der Waals surface area contributed by atoms with Crippen molar-refractivity contribution < 1.29 is 14.9 Å². The topological polar surface area (TPSA) is 52.9 Å². The molecule has 4 nitrogen and oxygen atoms in total. The fourth-order valence-corrected chi connectivity index (χ4v) is 2.51. The standard InChI is InChI=1S/C18H23NO3/c1-12(13-5-7-16(20)8-6-13)14-9-15(11-19(2)3)18(21)17(10-14)22-4/h5-10,12,20-21H,11H2,1-4H3. The third-order valence-electron chi connectivity index (χ3n) is 3.78. The van der Waals surface area contributed by atoms with Crippen LogP contribution in [0.4, 0.5) is 0 Å². The molecular weight excluding hydrogens is 278 g/mol. The first-order valence-corrected chi connectivity index (χ1v) is 7.25. The van der Waals surface area contributed by atoms with Crippen LogP contribution < -0.4 is 4.74 Å². The van der Waals surface area contributed by atoms with Gasteiger partial charge in [-0.15, -0.1) is 0 Å². The Balaban J connectivity index is 2.43. The number of hydrogen-bond acceptors (Lipinski definition) is 4. The van der Waals surface area contributed by atoms with Gasteiger partial charge < -0.3 is 19.8 Å². The van der Waals surface area contributed by atoms with Gasteiger partial charge in [-0.25, -0.2) is 0 Å². The van der Waals surface area contributed by atoms with Gasteiger partial charge in [0.1, 0.15) is 5.75 Å². The molecule has 22 heavy (non-hydrogen) atoms. The van der Waals surface area contributed by atoms with Crippen molar-refractivity contribution in [1.29, 1.82) is 0 Å². The molecule has 0 aliphatic carbocycles. The average Bonchev–Trinajstić information content (AvgIpc) is 2.49. The second-order valence-electron chi connectivity index (χ2n) is 5.78. The van der Waals surface area contributed by atoms with Crippen LogP contribution in [0, 0.1) is 0 Å². The molecule has 0 saturated heterocycles. The molecule has 1 unspecified atom stereocenters. The van der Waals surface area contributed by atoms with Crippen LogP contribution in [0.5, 0.6) is 17.2 Å². The van der Waals surface area contributed by atoms with E-state index in [2.05, 4.69) is 6.92 Å². The number of benzene rings is 2. The van der Waals surface area contributed by atoms with E-state index in [1.165, 1.54) is 0 Å². The van der Waals surface area contributed by atoms with E-state index in [1.54, 1.807) is 19.2 Å². The fraction of sp³-hybridized carbons (Fsp3) is 0.333. The number of hydrogen-bond donors (Lipinski definition) is 2. The highest BCUT2D eigenvalue weighted by molar-refractivity contribution is 5.51. The van der Waals surface area contributed by atoms with Crippen LogP contribution in [-0.2, 0) is 6.54 Å². The normalized spacial score (nSPS) is 12.4. The van der Waals surface area contributed by atoms with Crippen molar-refractivity contribution in [2.24, 2.45) is 0 Å². The Labute approximate surface area is 131 Å². The van der Waals surface area contributed by atoms with Crippen LogP contribution >= 0.6 is 0 Å². The second-order valence-corrected chi connectivity index (χ2v) is 5.78. The third kappa shape index (κ3) is 3.52. The van der Waals surface area contributed by atoms with Gasteiger partial charge in [0.05, 0.1) is 7.11 Å². The number of phenolic OH excluding ortho intramolecular Hbond substituents is 2. The Hall–Kier alpha value is -2.20. The van der Waals surface area contributed by atoms with Gasteiger partial charge in [0.25, 0.3) is 0 Å². The van der Waals surface area contributed by atoms with E-state index in [0.717, 1.165) is 16.7 Å². The van der Waals surface area contributed by atoms with Gasteiger partial charge in [-0.05, 0) is 49.5 Å². The molecule has 0 radical (unpaired) electrons. The quantitative estimate of drug-likeness (QED) is 0.889. The molecular formula is C18H23NO3. The van der Waals surface area contributed by atoms with Crippen LogP contribution in [0.25, 0.3) is 0 Å². The molecule has 0 heterocycles. The van der Waals surface area contributed by atoms with Gasteiger partial charge in [-0.1, -0.05) is 19.1 Å². The second kappa shape index (κ2) is 6.71. The highest BCUT2D eigenvalue weighted by atomic mass is 16.5. The van der Waals surface area contributed by atoms with Crippen molar-refractivity contribution in [2.45, 2.75) is 19.4 Å². The van der Waals surface area contributed by atoms with E-state index < -0.39 is 0 Å². The summed E-state index contributed by atoms with van der Waals surface area (Å²) in [5.41, 5.74) is 3.00. The van der Waals surface area contributed by atoms with E-state index in [9.17, 15) is 10.2 Å². The molecule has 118 valence electrons. The summed E-state index contributed by atoms with van der Waals surface area (Å²) in [7, 11) is 5.48. The maximum Gasteiger partial charge on any atom is 0.162 e. The molecule has 4 heteroatoms. The molecule has 0 bridgehead atoms. The van der Waals surface area contributed by atoms with Crippen molar-refractivity contribution in [3.05, 3.63) is 53.1 Å². The zero-order valence-electron chi connectivity index (χ0n) is 13.5. The lowest BCUT2D eigenvalue weighted by Crippen LogP contribution is -2.11. The molecule has 0 spiro atoms. The Morgan fingerprint density at radius 3 is 2.23 bits per heavy atom. The highest BCUT2D eigenvalue weighted by Gasteiger charge is 2.16. The summed E-state index contributed by atoms with van der Waals surface area (Å²) in [6.45, 7) is 2.73. The first-order valence-electron chi connectivity index (χ1n) is 7.25. The fourth-order valence-electron chi connectivity index (χ4n) is 2.51. The first-order chi connectivity index (χ1) is 10.4. The van der Waals surface area contributed by atoms with Gasteiger partial charge in [0, 0.05) is 18.0 Å². The van der Waals surface area contributed by atoms with Crippen molar-refractivity contribution in [2.75, 3.05) is 21.2 Å². The van der Waals surface area contributed by atoms with Crippen molar-refractivity contribution >= 4 is 0 Å². The Morgan fingerprint density at radius 1 is 1.05 bits per heavy atom. The number of methoxy groups -OCH3 is 1.